The zero-order valence-corrected chi connectivity index (χ0v) is 19.1. The van der Waals surface area contributed by atoms with E-state index in [4.69, 9.17) is 0 Å². The van der Waals surface area contributed by atoms with Crippen molar-refractivity contribution < 1.29 is 9.59 Å². The van der Waals surface area contributed by atoms with Gasteiger partial charge in [-0.3, -0.25) is 9.59 Å². The maximum Gasteiger partial charge on any atom is 0.237 e. The van der Waals surface area contributed by atoms with E-state index >= 15 is 0 Å². The highest BCUT2D eigenvalue weighted by Crippen LogP contribution is 2.46. The molecule has 0 bridgehead atoms. The number of rotatable bonds is 4. The van der Waals surface area contributed by atoms with Gasteiger partial charge in [-0.1, -0.05) is 24.8 Å². The highest BCUT2D eigenvalue weighted by Gasteiger charge is 2.41. The van der Waals surface area contributed by atoms with Gasteiger partial charge in [-0.15, -0.1) is 0 Å². The topological polar surface area (TPSA) is 63.2 Å². The largest absolute Gasteiger partial charge is 0.305 e. The lowest BCUT2D eigenvalue weighted by molar-refractivity contribution is -0.117. The first-order valence-electron chi connectivity index (χ1n) is 9.93. The van der Waals surface area contributed by atoms with Crippen LogP contribution in [0, 0.1) is 20.8 Å². The number of hydrogen-bond acceptors (Lipinski definition) is 5. The van der Waals surface area contributed by atoms with Crippen molar-refractivity contribution in [3.8, 4) is 0 Å². The Hall–Kier alpha value is -2.21. The lowest BCUT2D eigenvalue weighted by Gasteiger charge is -2.47. The summed E-state index contributed by atoms with van der Waals surface area (Å²) in [7, 11) is 0. The number of fused-ring (bicyclic) bond motifs is 1. The zero-order chi connectivity index (χ0) is 21.5. The van der Waals surface area contributed by atoms with E-state index in [2.05, 4.69) is 36.8 Å². The maximum absolute atomic E-state index is 13.4. The molecule has 0 unspecified atom stereocenters. The van der Waals surface area contributed by atoms with E-state index in [0.717, 1.165) is 34.6 Å². The van der Waals surface area contributed by atoms with Crippen LogP contribution in [0.2, 0.25) is 0 Å². The molecule has 2 aromatic rings. The molecule has 0 N–H and O–H groups in total. The summed E-state index contributed by atoms with van der Waals surface area (Å²) in [4.78, 5) is 36.6. The summed E-state index contributed by atoms with van der Waals surface area (Å²) >= 11 is 1.35. The summed E-state index contributed by atoms with van der Waals surface area (Å²) in [6.45, 7) is 13.7. The van der Waals surface area contributed by atoms with Gasteiger partial charge in [0, 0.05) is 22.5 Å². The van der Waals surface area contributed by atoms with Gasteiger partial charge >= 0.3 is 0 Å². The number of Topliss-reactive ketones (excluding diaryl/α,β-unsaturated/α-hetero) is 1. The molecule has 1 aromatic carbocycles. The van der Waals surface area contributed by atoms with E-state index in [-0.39, 0.29) is 28.9 Å². The van der Waals surface area contributed by atoms with Crippen molar-refractivity contribution >= 4 is 29.1 Å². The average Bonchev–Trinajstić information content (AvgIpc) is 2.58. The zero-order valence-electron chi connectivity index (χ0n) is 18.3. The second kappa shape index (κ2) is 7.90. The van der Waals surface area contributed by atoms with Crippen molar-refractivity contribution in [1.29, 1.82) is 0 Å². The van der Waals surface area contributed by atoms with Crippen LogP contribution in [-0.2, 0) is 4.79 Å². The fourth-order valence-electron chi connectivity index (χ4n) is 4.36. The molecule has 1 amide bonds. The predicted octanol–water partition coefficient (Wildman–Crippen LogP) is 5.02. The van der Waals surface area contributed by atoms with Crippen molar-refractivity contribution in [2.75, 3.05) is 10.7 Å². The number of benzene rings is 1. The van der Waals surface area contributed by atoms with Gasteiger partial charge < -0.3 is 4.90 Å². The van der Waals surface area contributed by atoms with Gasteiger partial charge in [0.05, 0.1) is 11.4 Å². The second-order valence-corrected chi connectivity index (χ2v) is 9.62. The van der Waals surface area contributed by atoms with Crippen LogP contribution in [0.3, 0.4) is 0 Å². The van der Waals surface area contributed by atoms with Crippen LogP contribution >= 0.6 is 11.8 Å². The lowest BCUT2D eigenvalue weighted by Crippen LogP contribution is -2.53. The van der Waals surface area contributed by atoms with E-state index in [1.807, 2.05) is 37.8 Å². The van der Waals surface area contributed by atoms with E-state index in [1.165, 1.54) is 11.8 Å². The fraction of sp³-hybridized carbons (Fsp3) is 0.478. The van der Waals surface area contributed by atoms with Crippen LogP contribution in [0.1, 0.15) is 72.9 Å². The molecule has 3 rings (SSSR count). The number of aryl methyl sites for hydroxylation is 3. The van der Waals surface area contributed by atoms with Gasteiger partial charge in [-0.2, -0.15) is 0 Å². The molecule has 1 aromatic heterocycles. The number of ketones is 1. The Morgan fingerprint density at radius 2 is 1.76 bits per heavy atom. The Morgan fingerprint density at radius 1 is 1.14 bits per heavy atom. The number of nitrogens with zero attached hydrogens (tertiary/aromatic N) is 3. The number of aromatic nitrogens is 2. The number of hydrogen-bond donors (Lipinski definition) is 0. The Balaban J connectivity index is 2.00. The molecule has 29 heavy (non-hydrogen) atoms. The first kappa shape index (κ1) is 21.5. The van der Waals surface area contributed by atoms with Gasteiger partial charge in [-0.05, 0) is 77.1 Å². The lowest BCUT2D eigenvalue weighted by atomic mass is 9.78. The van der Waals surface area contributed by atoms with E-state index in [0.29, 0.717) is 10.7 Å². The normalized spacial score (nSPS) is 17.8. The third-order valence-electron chi connectivity index (χ3n) is 5.36. The molecule has 0 aliphatic carbocycles. The summed E-state index contributed by atoms with van der Waals surface area (Å²) in [5.41, 5.74) is 4.92. The summed E-state index contributed by atoms with van der Waals surface area (Å²) < 4.78 is 0. The van der Waals surface area contributed by atoms with Crippen LogP contribution in [0.5, 0.6) is 0 Å². The Morgan fingerprint density at radius 3 is 2.34 bits per heavy atom. The molecular weight excluding hydrogens is 382 g/mol. The van der Waals surface area contributed by atoms with E-state index in [9.17, 15) is 9.59 Å². The number of amides is 1. The standard InChI is InChI=1S/C23H29N3O2S/c1-13-8-18-14(2)11-23(6,7)26(21(18)19(9-13)17(5)27)20(28)12-29-22-24-15(3)10-16(4)25-22/h8-10,14H,11-12H2,1-7H3/t14-/m1/s1. The molecule has 0 fully saturated rings. The molecule has 0 spiro atoms. The fourth-order valence-corrected chi connectivity index (χ4v) is 5.16. The van der Waals surface area contributed by atoms with Crippen LogP contribution in [-0.4, -0.2) is 33.0 Å². The summed E-state index contributed by atoms with van der Waals surface area (Å²) in [5.74, 6) is 0.461. The van der Waals surface area contributed by atoms with Crippen molar-refractivity contribution in [2.45, 2.75) is 71.5 Å². The Labute approximate surface area is 177 Å². The highest BCUT2D eigenvalue weighted by molar-refractivity contribution is 7.99. The van der Waals surface area contributed by atoms with Crippen molar-refractivity contribution in [1.82, 2.24) is 9.97 Å². The van der Waals surface area contributed by atoms with Crippen LogP contribution in [0.25, 0.3) is 0 Å². The predicted molar refractivity (Wildman–Crippen MR) is 118 cm³/mol. The van der Waals surface area contributed by atoms with Crippen LogP contribution < -0.4 is 4.90 Å². The quantitative estimate of drug-likeness (QED) is 0.402. The van der Waals surface area contributed by atoms with Gasteiger partial charge in [0.1, 0.15) is 0 Å². The summed E-state index contributed by atoms with van der Waals surface area (Å²) in [5, 5.41) is 0.606. The first-order valence-corrected chi connectivity index (χ1v) is 10.9. The van der Waals surface area contributed by atoms with Crippen molar-refractivity contribution in [3.63, 3.8) is 0 Å². The van der Waals surface area contributed by atoms with Crippen LogP contribution in [0.4, 0.5) is 5.69 Å². The molecule has 1 aliphatic rings. The minimum Gasteiger partial charge on any atom is -0.305 e. The smallest absolute Gasteiger partial charge is 0.237 e. The molecule has 0 radical (unpaired) electrons. The second-order valence-electron chi connectivity index (χ2n) is 8.68. The molecule has 5 nitrogen and oxygen atoms in total. The SMILES string of the molecule is CC(=O)c1cc(C)cc2c1N(C(=O)CSc1nc(C)cc(C)n1)C(C)(C)C[C@H]2C. The molecule has 154 valence electrons. The average molecular weight is 412 g/mol. The van der Waals surface area contributed by atoms with E-state index < -0.39 is 0 Å². The Bertz CT molecular complexity index is 964. The number of carbonyl (C=O) groups excluding carboxylic acids is 2. The molecule has 0 saturated carbocycles. The van der Waals surface area contributed by atoms with Crippen LogP contribution in [0.15, 0.2) is 23.4 Å². The van der Waals surface area contributed by atoms with Gasteiger partial charge in [-0.25, -0.2) is 9.97 Å². The monoisotopic (exact) mass is 411 g/mol. The molecule has 0 saturated heterocycles. The highest BCUT2D eigenvalue weighted by atomic mass is 32.2. The number of anilines is 1. The Kier molecular flexibility index (Phi) is 5.86. The van der Waals surface area contributed by atoms with Crippen molar-refractivity contribution in [3.05, 3.63) is 46.3 Å². The number of thioether (sulfide) groups is 1. The van der Waals surface area contributed by atoms with Gasteiger partial charge in [0.2, 0.25) is 5.91 Å². The van der Waals surface area contributed by atoms with E-state index in [1.54, 1.807) is 6.92 Å². The molecule has 6 heteroatoms. The first-order chi connectivity index (χ1) is 13.5. The molecule has 1 atom stereocenters. The molecule has 1 aliphatic heterocycles. The minimum absolute atomic E-state index is 0.0158. The molecule has 2 heterocycles. The van der Waals surface area contributed by atoms with Crippen molar-refractivity contribution in [2.24, 2.45) is 0 Å². The third-order valence-corrected chi connectivity index (χ3v) is 6.20. The maximum atomic E-state index is 13.4. The summed E-state index contributed by atoms with van der Waals surface area (Å²) in [6.07, 6.45) is 0.845. The minimum atomic E-state index is -0.382. The van der Waals surface area contributed by atoms with Gasteiger partial charge in [0.15, 0.2) is 10.9 Å². The van der Waals surface area contributed by atoms with Gasteiger partial charge in [0.25, 0.3) is 0 Å². The summed E-state index contributed by atoms with van der Waals surface area (Å²) in [6, 6.07) is 5.93. The molecular formula is C23H29N3O2S. The third kappa shape index (κ3) is 4.37. The number of carbonyl (C=O) groups is 2.